The van der Waals surface area contributed by atoms with Gasteiger partial charge in [-0.15, -0.1) is 0 Å². The predicted molar refractivity (Wildman–Crippen MR) is 89.1 cm³/mol. The fraction of sp³-hybridized carbons (Fsp3) is 0.438. The van der Waals surface area contributed by atoms with Gasteiger partial charge in [0.2, 0.25) is 0 Å². The highest BCUT2D eigenvalue weighted by molar-refractivity contribution is 6.35. The molecule has 5 heteroatoms. The maximum Gasteiger partial charge on any atom is 0.106 e. The van der Waals surface area contributed by atoms with Crippen LogP contribution in [0.4, 0.5) is 0 Å². The molecular formula is C16H21Cl2N3. The fourth-order valence-corrected chi connectivity index (χ4v) is 2.72. The Hall–Kier alpha value is -1.03. The SMILES string of the molecule is Cc1ncc(CNCC(C)C)n1Cc1c(Cl)cccc1Cl. The summed E-state index contributed by atoms with van der Waals surface area (Å²) in [5.41, 5.74) is 2.08. The molecule has 21 heavy (non-hydrogen) atoms. The lowest BCUT2D eigenvalue weighted by Gasteiger charge is -2.14. The van der Waals surface area contributed by atoms with Crippen molar-refractivity contribution in [2.24, 2.45) is 5.92 Å². The van der Waals surface area contributed by atoms with Gasteiger partial charge in [-0.2, -0.15) is 0 Å². The minimum Gasteiger partial charge on any atom is -0.326 e. The Morgan fingerprint density at radius 1 is 1.24 bits per heavy atom. The summed E-state index contributed by atoms with van der Waals surface area (Å²) in [6, 6.07) is 5.59. The molecule has 2 rings (SSSR count). The molecule has 1 N–H and O–H groups in total. The van der Waals surface area contributed by atoms with Gasteiger partial charge in [0.1, 0.15) is 5.82 Å². The minimum atomic E-state index is 0.625. The van der Waals surface area contributed by atoms with E-state index in [0.717, 1.165) is 30.2 Å². The van der Waals surface area contributed by atoms with Crippen molar-refractivity contribution in [1.82, 2.24) is 14.9 Å². The molecule has 0 aliphatic carbocycles. The van der Waals surface area contributed by atoms with Gasteiger partial charge < -0.3 is 9.88 Å². The van der Waals surface area contributed by atoms with Crippen LogP contribution in [0, 0.1) is 12.8 Å². The summed E-state index contributed by atoms with van der Waals surface area (Å²) >= 11 is 12.5. The van der Waals surface area contributed by atoms with Crippen LogP contribution in [0.15, 0.2) is 24.4 Å². The van der Waals surface area contributed by atoms with E-state index in [1.54, 1.807) is 0 Å². The number of rotatable bonds is 6. The van der Waals surface area contributed by atoms with E-state index in [9.17, 15) is 0 Å². The van der Waals surface area contributed by atoms with Crippen LogP contribution in [0.1, 0.15) is 30.9 Å². The van der Waals surface area contributed by atoms with E-state index < -0.39 is 0 Å². The molecule has 0 unspecified atom stereocenters. The van der Waals surface area contributed by atoms with Gasteiger partial charge in [-0.25, -0.2) is 4.98 Å². The largest absolute Gasteiger partial charge is 0.326 e. The molecule has 0 atom stereocenters. The average molecular weight is 326 g/mol. The molecule has 0 saturated carbocycles. The van der Waals surface area contributed by atoms with Crippen molar-refractivity contribution in [2.75, 3.05) is 6.54 Å². The lowest BCUT2D eigenvalue weighted by molar-refractivity contribution is 0.537. The first kappa shape index (κ1) is 16.3. The molecule has 0 bridgehead atoms. The van der Waals surface area contributed by atoms with Crippen LogP contribution in [0.3, 0.4) is 0 Å². The van der Waals surface area contributed by atoms with E-state index in [1.165, 1.54) is 0 Å². The second kappa shape index (κ2) is 7.30. The van der Waals surface area contributed by atoms with E-state index in [1.807, 2.05) is 31.3 Å². The zero-order valence-electron chi connectivity index (χ0n) is 12.7. The quantitative estimate of drug-likeness (QED) is 0.858. The number of halogens is 2. The van der Waals surface area contributed by atoms with Gasteiger partial charge in [-0.1, -0.05) is 43.1 Å². The van der Waals surface area contributed by atoms with Gasteiger partial charge in [-0.05, 0) is 31.5 Å². The van der Waals surface area contributed by atoms with Gasteiger partial charge in [0.15, 0.2) is 0 Å². The zero-order chi connectivity index (χ0) is 15.4. The molecule has 0 amide bonds. The third kappa shape index (κ3) is 4.22. The summed E-state index contributed by atoms with van der Waals surface area (Å²) in [5, 5.41) is 4.83. The topological polar surface area (TPSA) is 29.9 Å². The summed E-state index contributed by atoms with van der Waals surface area (Å²) in [4.78, 5) is 4.41. The number of aromatic nitrogens is 2. The first-order chi connectivity index (χ1) is 9.99. The molecule has 2 aromatic rings. The van der Waals surface area contributed by atoms with Crippen molar-refractivity contribution < 1.29 is 0 Å². The Labute approximate surface area is 136 Å². The predicted octanol–water partition coefficient (Wildman–Crippen LogP) is 4.29. The maximum atomic E-state index is 6.26. The van der Waals surface area contributed by atoms with Crippen molar-refractivity contribution in [3.63, 3.8) is 0 Å². The van der Waals surface area contributed by atoms with Crippen molar-refractivity contribution >= 4 is 23.2 Å². The maximum absolute atomic E-state index is 6.26. The van der Waals surface area contributed by atoms with Gasteiger partial charge in [0.25, 0.3) is 0 Å². The van der Waals surface area contributed by atoms with Crippen LogP contribution in [-0.2, 0) is 13.1 Å². The third-order valence-electron chi connectivity index (χ3n) is 3.37. The monoisotopic (exact) mass is 325 g/mol. The van der Waals surface area contributed by atoms with Crippen LogP contribution in [0.5, 0.6) is 0 Å². The second-order valence-corrected chi connectivity index (χ2v) is 6.42. The Morgan fingerprint density at radius 2 is 1.90 bits per heavy atom. The highest BCUT2D eigenvalue weighted by Gasteiger charge is 2.11. The molecule has 0 spiro atoms. The van der Waals surface area contributed by atoms with Crippen molar-refractivity contribution in [1.29, 1.82) is 0 Å². The van der Waals surface area contributed by atoms with Gasteiger partial charge >= 0.3 is 0 Å². The molecule has 1 heterocycles. The minimum absolute atomic E-state index is 0.625. The number of nitrogens with zero attached hydrogens (tertiary/aromatic N) is 2. The van der Waals surface area contributed by atoms with E-state index >= 15 is 0 Å². The lowest BCUT2D eigenvalue weighted by atomic mass is 10.2. The smallest absolute Gasteiger partial charge is 0.106 e. The summed E-state index contributed by atoms with van der Waals surface area (Å²) < 4.78 is 2.15. The standard InChI is InChI=1S/C16H21Cl2N3/c1-11(2)7-19-8-13-9-20-12(3)21(13)10-14-15(17)5-4-6-16(14)18/h4-6,9,11,19H,7-8,10H2,1-3H3. The van der Waals surface area contributed by atoms with E-state index in [-0.39, 0.29) is 0 Å². The normalized spacial score (nSPS) is 11.3. The number of hydrogen-bond donors (Lipinski definition) is 1. The number of aryl methyl sites for hydroxylation is 1. The molecule has 0 aliphatic heterocycles. The molecule has 0 fully saturated rings. The number of hydrogen-bond acceptors (Lipinski definition) is 2. The summed E-state index contributed by atoms with van der Waals surface area (Å²) in [7, 11) is 0. The first-order valence-electron chi connectivity index (χ1n) is 7.13. The van der Waals surface area contributed by atoms with Crippen molar-refractivity contribution in [3.05, 3.63) is 51.5 Å². The highest BCUT2D eigenvalue weighted by atomic mass is 35.5. The molecule has 0 radical (unpaired) electrons. The van der Waals surface area contributed by atoms with E-state index in [4.69, 9.17) is 23.2 Å². The van der Waals surface area contributed by atoms with E-state index in [0.29, 0.717) is 22.5 Å². The van der Waals surface area contributed by atoms with Crippen LogP contribution in [-0.4, -0.2) is 16.1 Å². The fourth-order valence-electron chi connectivity index (χ4n) is 2.20. The van der Waals surface area contributed by atoms with Crippen molar-refractivity contribution in [2.45, 2.75) is 33.9 Å². The second-order valence-electron chi connectivity index (χ2n) is 5.61. The molecular weight excluding hydrogens is 305 g/mol. The van der Waals surface area contributed by atoms with Gasteiger partial charge in [0.05, 0.1) is 12.2 Å². The summed E-state index contributed by atoms with van der Waals surface area (Å²) in [6.45, 7) is 8.80. The zero-order valence-corrected chi connectivity index (χ0v) is 14.2. The molecule has 0 saturated heterocycles. The van der Waals surface area contributed by atoms with Crippen molar-refractivity contribution in [3.8, 4) is 0 Å². The third-order valence-corrected chi connectivity index (χ3v) is 4.08. The van der Waals surface area contributed by atoms with E-state index in [2.05, 4.69) is 28.7 Å². The summed E-state index contributed by atoms with van der Waals surface area (Å²) in [6.07, 6.45) is 1.91. The first-order valence-corrected chi connectivity index (χ1v) is 7.89. The Bertz CT molecular complexity index is 585. The van der Waals surface area contributed by atoms with Crippen LogP contribution in [0.25, 0.3) is 0 Å². The number of nitrogens with one attached hydrogen (secondary N) is 1. The molecule has 0 aliphatic rings. The van der Waals surface area contributed by atoms with Gasteiger partial charge in [-0.3, -0.25) is 0 Å². The molecule has 1 aromatic carbocycles. The highest BCUT2D eigenvalue weighted by Crippen LogP contribution is 2.26. The molecule has 114 valence electrons. The Balaban J connectivity index is 2.18. The van der Waals surface area contributed by atoms with Crippen LogP contribution in [0.2, 0.25) is 10.0 Å². The average Bonchev–Trinajstić information content (AvgIpc) is 2.75. The number of benzene rings is 1. The number of imidazole rings is 1. The lowest BCUT2D eigenvalue weighted by Crippen LogP contribution is -2.21. The molecule has 3 nitrogen and oxygen atoms in total. The van der Waals surface area contributed by atoms with Crippen LogP contribution >= 0.6 is 23.2 Å². The van der Waals surface area contributed by atoms with Gasteiger partial charge in [0, 0.05) is 28.4 Å². The van der Waals surface area contributed by atoms with Crippen LogP contribution < -0.4 is 5.32 Å². The Kier molecular flexibility index (Phi) is 5.68. The summed E-state index contributed by atoms with van der Waals surface area (Å²) in [5.74, 6) is 1.59. The Morgan fingerprint density at radius 3 is 2.52 bits per heavy atom. The molecule has 1 aromatic heterocycles.